The third kappa shape index (κ3) is 5.75. The van der Waals surface area contributed by atoms with E-state index in [1.165, 1.54) is 77.5 Å². The summed E-state index contributed by atoms with van der Waals surface area (Å²) < 4.78 is 0. The van der Waals surface area contributed by atoms with Gasteiger partial charge in [-0.3, -0.25) is 0 Å². The molecule has 1 heterocycles. The van der Waals surface area contributed by atoms with Gasteiger partial charge in [-0.1, -0.05) is 147 Å². The summed E-state index contributed by atoms with van der Waals surface area (Å²) in [5, 5.41) is 0. The lowest BCUT2D eigenvalue weighted by atomic mass is 9.48. The predicted molar refractivity (Wildman–Crippen MR) is 231 cm³/mol. The van der Waals surface area contributed by atoms with Crippen LogP contribution in [0.2, 0.25) is 0 Å². The number of fused-ring (bicyclic) bond motifs is 3. The van der Waals surface area contributed by atoms with Gasteiger partial charge in [-0.25, -0.2) is 19.8 Å². The highest BCUT2D eigenvalue weighted by atomic mass is 15.0. The molecule has 57 heavy (non-hydrogen) atoms. The molecular formula is C53H44N4. The van der Waals surface area contributed by atoms with E-state index in [1.807, 2.05) is 24.3 Å². The minimum Gasteiger partial charge on any atom is -0.238 e. The normalized spacial score (nSPS) is 22.2. The first kappa shape index (κ1) is 34.1. The van der Waals surface area contributed by atoms with Crippen LogP contribution in [0.5, 0.6) is 0 Å². The molecule has 0 saturated heterocycles. The van der Waals surface area contributed by atoms with E-state index in [4.69, 9.17) is 21.5 Å². The fourth-order valence-electron chi connectivity index (χ4n) is 11.4. The van der Waals surface area contributed by atoms with E-state index in [-0.39, 0.29) is 5.41 Å². The van der Waals surface area contributed by atoms with Crippen LogP contribution in [0.4, 0.5) is 5.69 Å². The molecule has 5 aliphatic rings. The van der Waals surface area contributed by atoms with Crippen LogP contribution in [0.25, 0.3) is 72.4 Å². The van der Waals surface area contributed by atoms with Crippen LogP contribution in [-0.2, 0) is 10.8 Å². The fourth-order valence-corrected chi connectivity index (χ4v) is 11.4. The van der Waals surface area contributed by atoms with Crippen molar-refractivity contribution in [2.75, 3.05) is 0 Å². The van der Waals surface area contributed by atoms with E-state index >= 15 is 0 Å². The Morgan fingerprint density at radius 3 is 1.42 bits per heavy atom. The maximum atomic E-state index is 7.43. The van der Waals surface area contributed by atoms with Gasteiger partial charge in [0.2, 0.25) is 0 Å². The Bertz CT molecular complexity index is 2680. The Hall–Kier alpha value is -6.18. The van der Waals surface area contributed by atoms with Crippen molar-refractivity contribution in [2.45, 2.75) is 63.2 Å². The number of nitrogens with zero attached hydrogens (tertiary/aromatic N) is 4. The molecule has 4 saturated carbocycles. The number of hydrogen-bond acceptors (Lipinski definition) is 3. The second kappa shape index (κ2) is 12.9. The first-order chi connectivity index (χ1) is 27.8. The van der Waals surface area contributed by atoms with Crippen molar-refractivity contribution in [3.8, 4) is 67.5 Å². The van der Waals surface area contributed by atoms with E-state index in [2.05, 4.69) is 134 Å². The molecule has 5 aliphatic carbocycles. The molecule has 12 rings (SSSR count). The summed E-state index contributed by atoms with van der Waals surface area (Å²) in [6.45, 7) is 12.1. The summed E-state index contributed by atoms with van der Waals surface area (Å²) >= 11 is 0. The number of benzene rings is 6. The molecule has 276 valence electrons. The lowest BCUT2D eigenvalue weighted by Gasteiger charge is -2.57. The van der Waals surface area contributed by atoms with Gasteiger partial charge in [-0.15, -0.1) is 0 Å². The van der Waals surface area contributed by atoms with E-state index in [9.17, 15) is 0 Å². The summed E-state index contributed by atoms with van der Waals surface area (Å²) in [5.41, 5.74) is 15.4. The van der Waals surface area contributed by atoms with Crippen LogP contribution in [0.15, 0.2) is 140 Å². The molecule has 4 nitrogen and oxygen atoms in total. The zero-order valence-electron chi connectivity index (χ0n) is 32.5. The lowest BCUT2D eigenvalue weighted by molar-refractivity contribution is -0.00518. The number of rotatable bonds is 6. The fraction of sp³-hybridized carbons (Fsp3) is 0.245. The highest BCUT2D eigenvalue weighted by Gasteiger charge is 2.51. The summed E-state index contributed by atoms with van der Waals surface area (Å²) in [7, 11) is 0. The van der Waals surface area contributed by atoms with Crippen LogP contribution < -0.4 is 0 Å². The molecule has 1 aromatic heterocycles. The molecule has 7 aromatic rings. The van der Waals surface area contributed by atoms with Gasteiger partial charge in [0, 0.05) is 22.1 Å². The average Bonchev–Trinajstić information content (AvgIpc) is 3.48. The highest BCUT2D eigenvalue weighted by molar-refractivity contribution is 5.84. The van der Waals surface area contributed by atoms with Crippen molar-refractivity contribution in [3.05, 3.63) is 168 Å². The molecular weight excluding hydrogens is 693 g/mol. The Kier molecular flexibility index (Phi) is 7.74. The van der Waals surface area contributed by atoms with Crippen molar-refractivity contribution < 1.29 is 0 Å². The van der Waals surface area contributed by atoms with Crippen LogP contribution in [-0.4, -0.2) is 15.0 Å². The smallest absolute Gasteiger partial charge is 0.187 e. The Morgan fingerprint density at radius 1 is 0.474 bits per heavy atom. The van der Waals surface area contributed by atoms with Gasteiger partial charge in [0.1, 0.15) is 0 Å². The van der Waals surface area contributed by atoms with Gasteiger partial charge in [0.15, 0.2) is 23.2 Å². The molecule has 0 unspecified atom stereocenters. The van der Waals surface area contributed by atoms with Gasteiger partial charge in [0.25, 0.3) is 0 Å². The Labute approximate surface area is 335 Å². The van der Waals surface area contributed by atoms with Crippen LogP contribution in [0.1, 0.15) is 69.1 Å². The van der Waals surface area contributed by atoms with Crippen molar-refractivity contribution in [1.29, 1.82) is 0 Å². The van der Waals surface area contributed by atoms with E-state index in [1.54, 1.807) is 5.56 Å². The third-order valence-electron chi connectivity index (χ3n) is 14.0. The second-order valence-corrected chi connectivity index (χ2v) is 17.8. The minimum atomic E-state index is -0.0525. The lowest BCUT2D eigenvalue weighted by Crippen LogP contribution is -2.48. The zero-order valence-corrected chi connectivity index (χ0v) is 32.5. The molecule has 0 spiro atoms. The molecule has 0 atom stereocenters. The predicted octanol–water partition coefficient (Wildman–Crippen LogP) is 13.5. The standard InChI is InChI=1S/C53H44N4/c1-52(2)47-7-5-4-6-45(47)46-25-20-42(29-48(46)52)38-10-14-40(15-11-38)50-55-49(56-51(57-50)41-18-23-44(54-3)24-19-41)39-12-8-36(9-13-39)37-16-21-43(22-17-37)53-30-33-26-34(31-53)28-35(27-33)32-53/h4-25,29,33-35H,26-28,30-32H2,1-2H3. The molecule has 4 fully saturated rings. The van der Waals surface area contributed by atoms with E-state index in [0.717, 1.165) is 40.0 Å². The molecule has 0 amide bonds. The maximum absolute atomic E-state index is 7.43. The van der Waals surface area contributed by atoms with Crippen molar-refractivity contribution >= 4 is 5.69 Å². The first-order valence-electron chi connectivity index (χ1n) is 20.6. The van der Waals surface area contributed by atoms with Gasteiger partial charge in [-0.05, 0) is 118 Å². The summed E-state index contributed by atoms with van der Waals surface area (Å²) in [6.07, 6.45) is 8.58. The van der Waals surface area contributed by atoms with E-state index in [0.29, 0.717) is 28.6 Å². The van der Waals surface area contributed by atoms with Gasteiger partial charge in [-0.2, -0.15) is 0 Å². The molecule has 4 bridgehead atoms. The summed E-state index contributed by atoms with van der Waals surface area (Å²) in [5.74, 6) is 4.65. The number of hydrogen-bond donors (Lipinski definition) is 0. The van der Waals surface area contributed by atoms with Crippen molar-refractivity contribution in [3.63, 3.8) is 0 Å². The Morgan fingerprint density at radius 2 is 0.895 bits per heavy atom. The summed E-state index contributed by atoms with van der Waals surface area (Å²) in [4.78, 5) is 18.6. The maximum Gasteiger partial charge on any atom is 0.187 e. The molecule has 0 radical (unpaired) electrons. The Balaban J connectivity index is 0.900. The van der Waals surface area contributed by atoms with Crippen LogP contribution in [0.3, 0.4) is 0 Å². The van der Waals surface area contributed by atoms with Crippen molar-refractivity contribution in [1.82, 2.24) is 15.0 Å². The second-order valence-electron chi connectivity index (χ2n) is 17.8. The molecule has 6 aromatic carbocycles. The minimum absolute atomic E-state index is 0.0525. The van der Waals surface area contributed by atoms with Gasteiger partial charge < -0.3 is 0 Å². The third-order valence-corrected chi connectivity index (χ3v) is 14.0. The van der Waals surface area contributed by atoms with Gasteiger partial charge in [0.05, 0.1) is 6.57 Å². The molecule has 0 N–H and O–H groups in total. The molecule has 0 aliphatic heterocycles. The van der Waals surface area contributed by atoms with Crippen molar-refractivity contribution in [2.24, 2.45) is 17.8 Å². The topological polar surface area (TPSA) is 43.0 Å². The summed E-state index contributed by atoms with van der Waals surface area (Å²) in [6, 6.07) is 49.8. The van der Waals surface area contributed by atoms with Crippen LogP contribution in [0, 0.1) is 24.3 Å². The van der Waals surface area contributed by atoms with Crippen LogP contribution >= 0.6 is 0 Å². The molecule has 4 heteroatoms. The SMILES string of the molecule is [C-]#[N+]c1ccc(-c2nc(-c3ccc(-c4ccc(C56CC7CC(CC(C7)C5)C6)cc4)cc3)nc(-c3ccc(-c4ccc5c(c4)C(C)(C)c4ccccc4-5)cc3)n2)cc1. The first-order valence-corrected chi connectivity index (χ1v) is 20.6. The quantitative estimate of drug-likeness (QED) is 0.160. The van der Waals surface area contributed by atoms with Gasteiger partial charge >= 0.3 is 0 Å². The largest absolute Gasteiger partial charge is 0.238 e. The van der Waals surface area contributed by atoms with E-state index < -0.39 is 0 Å². The average molecular weight is 737 g/mol. The number of aromatic nitrogens is 3. The zero-order chi connectivity index (χ0) is 38.3. The highest BCUT2D eigenvalue weighted by Crippen LogP contribution is 2.61. The monoisotopic (exact) mass is 736 g/mol.